The fraction of sp³-hybridized carbons (Fsp3) is 0.529. The Morgan fingerprint density at radius 3 is 2.48 bits per heavy atom. The van der Waals surface area contributed by atoms with Crippen LogP contribution < -0.4 is 16.3 Å². The van der Waals surface area contributed by atoms with Gasteiger partial charge in [0.15, 0.2) is 5.82 Å². The van der Waals surface area contributed by atoms with Crippen LogP contribution in [-0.2, 0) is 32.4 Å². The van der Waals surface area contributed by atoms with Crippen LogP contribution in [0.25, 0.3) is 11.0 Å². The Labute approximate surface area is 279 Å². The molecule has 4 heterocycles. The molecule has 0 bridgehead atoms. The van der Waals surface area contributed by atoms with Crippen LogP contribution in [0.1, 0.15) is 81.9 Å². The number of sulfonamides is 1. The third-order valence-corrected chi connectivity index (χ3v) is 12.0. The molecule has 0 spiro atoms. The second kappa shape index (κ2) is 13.5. The molecule has 2 atom stereocenters. The molecule has 6 rings (SSSR count). The van der Waals surface area contributed by atoms with Crippen molar-refractivity contribution in [3.63, 3.8) is 0 Å². The van der Waals surface area contributed by atoms with E-state index in [2.05, 4.69) is 24.5 Å². The molecule has 0 aliphatic carbocycles. The Morgan fingerprint density at radius 1 is 1.02 bits per heavy atom. The smallest absolute Gasteiger partial charge is 0.324 e. The summed E-state index contributed by atoms with van der Waals surface area (Å²) in [6.07, 6.45) is 4.01. The molecule has 2 unspecified atom stereocenters. The predicted molar refractivity (Wildman–Crippen MR) is 179 cm³/mol. The van der Waals surface area contributed by atoms with E-state index in [1.807, 2.05) is 0 Å². The molecule has 3 fully saturated rings. The maximum absolute atomic E-state index is 16.0. The first kappa shape index (κ1) is 33.8. The van der Waals surface area contributed by atoms with Crippen molar-refractivity contribution < 1.29 is 27.2 Å². The summed E-state index contributed by atoms with van der Waals surface area (Å²) in [7, 11) is -2.07. The lowest BCUT2D eigenvalue weighted by Crippen LogP contribution is -2.46. The van der Waals surface area contributed by atoms with Gasteiger partial charge in [-0.15, -0.1) is 0 Å². The van der Waals surface area contributed by atoms with Gasteiger partial charge in [-0.2, -0.15) is 4.31 Å². The average molecular weight is 683 g/mol. The van der Waals surface area contributed by atoms with Crippen molar-refractivity contribution in [1.82, 2.24) is 23.7 Å². The highest BCUT2D eigenvalue weighted by Gasteiger charge is 2.35. The molecule has 0 saturated carbocycles. The van der Waals surface area contributed by atoms with E-state index in [0.29, 0.717) is 54.8 Å². The number of fused-ring (bicyclic) bond motifs is 1. The molecule has 2 N–H and O–H groups in total. The number of likely N-dealkylation sites (tertiary alicyclic amines) is 1. The van der Waals surface area contributed by atoms with Gasteiger partial charge in [0.25, 0.3) is 0 Å². The summed E-state index contributed by atoms with van der Waals surface area (Å²) in [4.78, 5) is 52.2. The van der Waals surface area contributed by atoms with Crippen molar-refractivity contribution >= 4 is 44.6 Å². The molecule has 1 aromatic heterocycles. The minimum absolute atomic E-state index is 0.00392. The van der Waals surface area contributed by atoms with E-state index >= 15 is 4.39 Å². The van der Waals surface area contributed by atoms with Gasteiger partial charge in [0.05, 0.1) is 11.3 Å². The number of imide groups is 1. The molecule has 12 nitrogen and oxygen atoms in total. The zero-order valence-electron chi connectivity index (χ0n) is 27.6. The summed E-state index contributed by atoms with van der Waals surface area (Å²) < 4.78 is 46.9. The monoisotopic (exact) mass is 682 g/mol. The number of nitrogens with zero attached hydrogens (tertiary/aromatic N) is 4. The maximum atomic E-state index is 16.0. The van der Waals surface area contributed by atoms with E-state index in [4.69, 9.17) is 0 Å². The fourth-order valence-corrected chi connectivity index (χ4v) is 9.49. The lowest BCUT2D eigenvalue weighted by atomic mass is 9.88. The lowest BCUT2D eigenvalue weighted by Gasteiger charge is -2.37. The van der Waals surface area contributed by atoms with Crippen LogP contribution in [-0.4, -0.2) is 70.3 Å². The normalized spacial score (nSPS) is 21.6. The number of amides is 4. The number of imidazole rings is 1. The van der Waals surface area contributed by atoms with Gasteiger partial charge in [-0.25, -0.2) is 22.4 Å². The number of aryl methyl sites for hydroxylation is 1. The number of hydrogen-bond acceptors (Lipinski definition) is 6. The highest BCUT2D eigenvalue weighted by atomic mass is 32.2. The molecular weight excluding hydrogens is 639 g/mol. The first-order valence-electron chi connectivity index (χ1n) is 16.7. The van der Waals surface area contributed by atoms with Crippen molar-refractivity contribution in [2.24, 2.45) is 13.0 Å². The maximum Gasteiger partial charge on any atom is 0.329 e. The first-order chi connectivity index (χ1) is 22.9. The van der Waals surface area contributed by atoms with Gasteiger partial charge >= 0.3 is 11.7 Å². The summed E-state index contributed by atoms with van der Waals surface area (Å²) in [6, 6.07) is 9.01. The van der Waals surface area contributed by atoms with E-state index in [1.165, 1.54) is 16.2 Å². The molecule has 3 aliphatic heterocycles. The first-order valence-corrected chi connectivity index (χ1v) is 18.3. The van der Waals surface area contributed by atoms with Crippen molar-refractivity contribution in [3.8, 4) is 0 Å². The Hall–Kier alpha value is -4.04. The second-order valence-corrected chi connectivity index (χ2v) is 15.5. The van der Waals surface area contributed by atoms with Crippen LogP contribution in [0, 0.1) is 11.7 Å². The highest BCUT2D eigenvalue weighted by molar-refractivity contribution is 7.88. The van der Waals surface area contributed by atoms with Gasteiger partial charge in [0, 0.05) is 44.8 Å². The zero-order chi connectivity index (χ0) is 34.3. The molecule has 2 aromatic carbocycles. The number of carbonyl (C=O) groups excluding carboxylic acids is 3. The van der Waals surface area contributed by atoms with E-state index in [9.17, 15) is 27.6 Å². The number of piperidine rings is 3. The largest absolute Gasteiger partial charge is 0.329 e. The number of carbonyl (C=O) groups is 3. The number of aromatic nitrogens is 2. The van der Waals surface area contributed by atoms with E-state index < -0.39 is 39.4 Å². The van der Waals surface area contributed by atoms with E-state index in [0.717, 1.165) is 19.3 Å². The molecule has 48 heavy (non-hydrogen) atoms. The Bertz CT molecular complexity index is 1910. The quantitative estimate of drug-likeness (QED) is 0.358. The number of nitrogens with one attached hydrogen (secondary N) is 2. The summed E-state index contributed by atoms with van der Waals surface area (Å²) in [5.41, 5.74) is 1.42. The van der Waals surface area contributed by atoms with Crippen LogP contribution in [0.5, 0.6) is 0 Å². The number of urea groups is 1. The number of halogens is 1. The minimum Gasteiger partial charge on any atom is -0.324 e. The zero-order valence-corrected chi connectivity index (χ0v) is 28.4. The Kier molecular flexibility index (Phi) is 9.49. The van der Waals surface area contributed by atoms with Crippen LogP contribution in [0.15, 0.2) is 41.2 Å². The molecule has 3 aliphatic rings. The topological polar surface area (TPSA) is 143 Å². The van der Waals surface area contributed by atoms with Gasteiger partial charge in [0.1, 0.15) is 11.6 Å². The van der Waals surface area contributed by atoms with Crippen LogP contribution in [0.3, 0.4) is 0 Å². The standard InChI is InChI=1S/C34H43FN6O6S/c1-21(2)26-9-4-5-16-40(26)48(46,47)20-22-7-6-8-24(19-22)36-33(44)39-17-14-23(15-18-39)25-10-11-27-31(30(25)35)38(3)34(45)41(27)28-12-13-29(42)37-32(28)43/h6-8,10-11,19,21,23,26,28H,4-5,9,12-18,20H2,1-3H3,(H,36,44)(H,37,42,43). The van der Waals surface area contributed by atoms with Crippen molar-refractivity contribution in [2.45, 2.75) is 82.5 Å². The van der Waals surface area contributed by atoms with Gasteiger partial charge in [-0.05, 0) is 73.3 Å². The Morgan fingerprint density at radius 2 is 1.77 bits per heavy atom. The molecule has 258 valence electrons. The minimum atomic E-state index is -3.53. The van der Waals surface area contributed by atoms with Crippen LogP contribution >= 0.6 is 0 Å². The predicted octanol–water partition coefficient (Wildman–Crippen LogP) is 4.21. The third-order valence-electron chi connectivity index (χ3n) is 10.1. The Balaban J connectivity index is 1.11. The molecular formula is C34H43FN6O6S. The molecule has 14 heteroatoms. The number of anilines is 1. The SMILES string of the molecule is CC(C)C1CCCCN1S(=O)(=O)Cc1cccc(NC(=O)N2CCC(c3ccc4c(c3F)n(C)c(=O)n4C3CCC(=O)NC3=O)CC2)c1. The van der Waals surface area contributed by atoms with Crippen molar-refractivity contribution in [1.29, 1.82) is 0 Å². The number of benzene rings is 2. The second-order valence-electron chi connectivity index (χ2n) is 13.6. The highest BCUT2D eigenvalue weighted by Crippen LogP contribution is 2.34. The fourth-order valence-electron chi connectivity index (χ4n) is 7.56. The molecule has 0 radical (unpaired) electrons. The number of rotatable bonds is 7. The average Bonchev–Trinajstić information content (AvgIpc) is 3.31. The molecule has 3 saturated heterocycles. The van der Waals surface area contributed by atoms with Gasteiger partial charge in [-0.1, -0.05) is 38.5 Å². The summed E-state index contributed by atoms with van der Waals surface area (Å²) in [5.74, 6) is -1.60. The van der Waals surface area contributed by atoms with Crippen LogP contribution in [0.4, 0.5) is 14.9 Å². The van der Waals surface area contributed by atoms with Crippen molar-refractivity contribution in [3.05, 3.63) is 63.8 Å². The van der Waals surface area contributed by atoms with Gasteiger partial charge in [-0.3, -0.25) is 24.0 Å². The molecule has 4 amide bonds. The summed E-state index contributed by atoms with van der Waals surface area (Å²) >= 11 is 0. The summed E-state index contributed by atoms with van der Waals surface area (Å²) in [6.45, 7) is 5.40. The molecule has 3 aromatic rings. The van der Waals surface area contributed by atoms with Crippen molar-refractivity contribution in [2.75, 3.05) is 25.0 Å². The van der Waals surface area contributed by atoms with Gasteiger partial charge in [0.2, 0.25) is 21.8 Å². The third kappa shape index (κ3) is 6.51. The number of hydrogen-bond donors (Lipinski definition) is 2. The summed E-state index contributed by atoms with van der Waals surface area (Å²) in [5, 5.41) is 5.16. The van der Waals surface area contributed by atoms with Crippen LogP contribution in [0.2, 0.25) is 0 Å². The lowest BCUT2D eigenvalue weighted by molar-refractivity contribution is -0.135. The van der Waals surface area contributed by atoms with E-state index in [-0.39, 0.29) is 48.0 Å². The van der Waals surface area contributed by atoms with Gasteiger partial charge < -0.3 is 10.2 Å². The van der Waals surface area contributed by atoms with E-state index in [1.54, 1.807) is 45.6 Å².